The number of hydrogen-bond donors (Lipinski definition) is 2. The predicted molar refractivity (Wildman–Crippen MR) is 119 cm³/mol. The van der Waals surface area contributed by atoms with E-state index >= 15 is 0 Å². The minimum Gasteiger partial charge on any atom is -0.497 e. The lowest BCUT2D eigenvalue weighted by atomic mass is 9.91. The lowest BCUT2D eigenvalue weighted by Crippen LogP contribution is -2.15. The number of rotatable bonds is 6. The Morgan fingerprint density at radius 1 is 1.03 bits per heavy atom. The van der Waals surface area contributed by atoms with Crippen LogP contribution in [0.3, 0.4) is 0 Å². The number of methoxy groups -OCH3 is 2. The van der Waals surface area contributed by atoms with E-state index in [1.165, 1.54) is 6.92 Å². The van der Waals surface area contributed by atoms with Crippen LogP contribution < -0.4 is 20.1 Å². The van der Waals surface area contributed by atoms with Crippen molar-refractivity contribution in [3.63, 3.8) is 0 Å². The molecule has 1 aromatic heterocycles. The lowest BCUT2D eigenvalue weighted by Gasteiger charge is -2.13. The Balaban J connectivity index is 1.68. The van der Waals surface area contributed by atoms with E-state index in [0.29, 0.717) is 35.1 Å². The van der Waals surface area contributed by atoms with Crippen LogP contribution in [0.25, 0.3) is 11.1 Å². The van der Waals surface area contributed by atoms with Gasteiger partial charge in [0.15, 0.2) is 5.78 Å². The van der Waals surface area contributed by atoms with Crippen molar-refractivity contribution < 1.29 is 19.1 Å². The van der Waals surface area contributed by atoms with Crippen LogP contribution in [0, 0.1) is 0 Å². The number of anilines is 2. The predicted octanol–water partition coefficient (Wildman–Crippen LogP) is 4.12. The molecule has 7 nitrogen and oxygen atoms in total. The van der Waals surface area contributed by atoms with Crippen molar-refractivity contribution in [3.8, 4) is 22.6 Å². The summed E-state index contributed by atoms with van der Waals surface area (Å²) in [6.07, 6.45) is 1.76. The number of nitrogens with one attached hydrogen (secondary N) is 2. The highest BCUT2D eigenvalue weighted by atomic mass is 16.5. The molecule has 0 spiro atoms. The van der Waals surface area contributed by atoms with Gasteiger partial charge in [-0.25, -0.2) is 4.98 Å². The smallest absolute Gasteiger partial charge is 0.221 e. The van der Waals surface area contributed by atoms with E-state index in [-0.39, 0.29) is 17.6 Å². The fraction of sp³-hybridized carbons (Fsp3) is 0.208. The normalized spacial score (nSPS) is 14.4. The summed E-state index contributed by atoms with van der Waals surface area (Å²) in [5, 5.41) is 6.01. The molecule has 0 saturated heterocycles. The van der Waals surface area contributed by atoms with Crippen molar-refractivity contribution in [2.45, 2.75) is 12.8 Å². The van der Waals surface area contributed by atoms with Gasteiger partial charge in [-0.15, -0.1) is 0 Å². The third kappa shape index (κ3) is 4.21. The second kappa shape index (κ2) is 8.47. The third-order valence-corrected chi connectivity index (χ3v) is 5.23. The van der Waals surface area contributed by atoms with E-state index in [9.17, 15) is 9.59 Å². The van der Waals surface area contributed by atoms with Gasteiger partial charge in [0.2, 0.25) is 5.91 Å². The summed E-state index contributed by atoms with van der Waals surface area (Å²) in [6, 6.07) is 14.7. The second-order valence-electron chi connectivity index (χ2n) is 7.32. The molecule has 7 heteroatoms. The number of nitrogens with zero attached hydrogens (tertiary/aromatic N) is 1. The van der Waals surface area contributed by atoms with Gasteiger partial charge >= 0.3 is 0 Å². The highest BCUT2D eigenvalue weighted by Crippen LogP contribution is 2.36. The Kier molecular flexibility index (Phi) is 5.58. The molecule has 31 heavy (non-hydrogen) atoms. The van der Waals surface area contributed by atoms with Crippen LogP contribution in [0.1, 0.15) is 28.8 Å². The van der Waals surface area contributed by atoms with Crippen molar-refractivity contribution in [2.75, 3.05) is 31.4 Å². The zero-order chi connectivity index (χ0) is 22.0. The van der Waals surface area contributed by atoms with Gasteiger partial charge in [0.25, 0.3) is 0 Å². The van der Waals surface area contributed by atoms with Crippen molar-refractivity contribution >= 4 is 23.2 Å². The zero-order valence-corrected chi connectivity index (χ0v) is 17.6. The lowest BCUT2D eigenvalue weighted by molar-refractivity contribution is -0.114. The van der Waals surface area contributed by atoms with E-state index in [1.54, 1.807) is 38.6 Å². The van der Waals surface area contributed by atoms with Crippen LogP contribution in [0.4, 0.5) is 11.5 Å². The molecule has 2 N–H and O–H groups in total. The minimum atomic E-state index is -0.377. The molecule has 1 unspecified atom stereocenters. The first-order valence-corrected chi connectivity index (χ1v) is 9.87. The fourth-order valence-corrected chi connectivity index (χ4v) is 3.73. The highest BCUT2D eigenvalue weighted by molar-refractivity contribution is 6.03. The first-order valence-electron chi connectivity index (χ1n) is 9.87. The number of amides is 1. The van der Waals surface area contributed by atoms with Crippen molar-refractivity contribution in [1.29, 1.82) is 0 Å². The van der Waals surface area contributed by atoms with Crippen LogP contribution in [-0.4, -0.2) is 37.4 Å². The van der Waals surface area contributed by atoms with E-state index < -0.39 is 0 Å². The molecule has 1 atom stereocenters. The number of Topliss-reactive ketones (excluding diaryl/α,β-unsaturated/α-hetero) is 1. The number of benzene rings is 2. The zero-order valence-electron chi connectivity index (χ0n) is 17.6. The first-order chi connectivity index (χ1) is 15.0. The molecule has 0 bridgehead atoms. The van der Waals surface area contributed by atoms with Gasteiger partial charge in [0.05, 0.1) is 20.1 Å². The summed E-state index contributed by atoms with van der Waals surface area (Å²) in [4.78, 5) is 29.2. The first kappa shape index (κ1) is 20.4. The van der Waals surface area contributed by atoms with Crippen LogP contribution in [0.15, 0.2) is 54.7 Å². The molecule has 1 amide bonds. The molecule has 158 valence electrons. The summed E-state index contributed by atoms with van der Waals surface area (Å²) in [5.41, 5.74) is 3.85. The molecule has 0 saturated carbocycles. The van der Waals surface area contributed by atoms with E-state index in [0.717, 1.165) is 16.7 Å². The van der Waals surface area contributed by atoms with Gasteiger partial charge < -0.3 is 20.1 Å². The Labute approximate surface area is 180 Å². The highest BCUT2D eigenvalue weighted by Gasteiger charge is 2.31. The molecule has 2 heterocycles. The molecule has 1 aliphatic heterocycles. The van der Waals surface area contributed by atoms with Crippen LogP contribution in [0.2, 0.25) is 0 Å². The average Bonchev–Trinajstić information content (AvgIpc) is 3.21. The molecule has 0 aliphatic carbocycles. The Hall–Kier alpha value is -3.87. The van der Waals surface area contributed by atoms with E-state index in [1.807, 2.05) is 30.3 Å². The molecule has 3 aromatic rings. The Bertz CT molecular complexity index is 1140. The number of ether oxygens (including phenoxy) is 2. The van der Waals surface area contributed by atoms with Gasteiger partial charge in [0.1, 0.15) is 17.3 Å². The average molecular weight is 417 g/mol. The maximum atomic E-state index is 13.3. The monoisotopic (exact) mass is 417 g/mol. The summed E-state index contributed by atoms with van der Waals surface area (Å²) in [6.45, 7) is 1.94. The SMILES string of the molecule is COc1cc(OC)cc(C(=O)C2CNc3ncc(-c4cccc(NC(C)=O)c4)cc32)c1. The molecular formula is C24H23N3O4. The molecule has 4 rings (SSSR count). The molecule has 1 aliphatic rings. The maximum Gasteiger partial charge on any atom is 0.221 e. The van der Waals surface area contributed by atoms with Gasteiger partial charge in [-0.1, -0.05) is 12.1 Å². The summed E-state index contributed by atoms with van der Waals surface area (Å²) >= 11 is 0. The quantitative estimate of drug-likeness (QED) is 0.587. The standard InChI is InChI=1S/C24H23N3O4/c1-14(28)27-18-6-4-5-15(7-18)17-10-21-22(13-26-24(21)25-12-17)23(29)16-8-19(30-2)11-20(9-16)31-3/h4-12,22H,13H2,1-3H3,(H,25,26)(H,27,28). The third-order valence-electron chi connectivity index (χ3n) is 5.23. The molecule has 0 fully saturated rings. The van der Waals surface area contributed by atoms with Crippen molar-refractivity contribution in [1.82, 2.24) is 4.98 Å². The van der Waals surface area contributed by atoms with Crippen LogP contribution in [-0.2, 0) is 4.79 Å². The number of fused-ring (bicyclic) bond motifs is 1. The number of carbonyl (C=O) groups excluding carboxylic acids is 2. The Morgan fingerprint density at radius 2 is 1.77 bits per heavy atom. The van der Waals surface area contributed by atoms with Gasteiger partial charge in [-0.2, -0.15) is 0 Å². The van der Waals surface area contributed by atoms with Crippen LogP contribution in [0.5, 0.6) is 11.5 Å². The fourth-order valence-electron chi connectivity index (χ4n) is 3.73. The van der Waals surface area contributed by atoms with Crippen LogP contribution >= 0.6 is 0 Å². The summed E-state index contributed by atoms with van der Waals surface area (Å²) in [7, 11) is 3.11. The van der Waals surface area contributed by atoms with Gasteiger partial charge in [0, 0.05) is 48.1 Å². The maximum absolute atomic E-state index is 13.3. The van der Waals surface area contributed by atoms with E-state index in [2.05, 4.69) is 15.6 Å². The summed E-state index contributed by atoms with van der Waals surface area (Å²) in [5.74, 6) is 1.29. The minimum absolute atomic E-state index is 0.0330. The number of ketones is 1. The number of pyridine rings is 1. The number of hydrogen-bond acceptors (Lipinski definition) is 6. The number of carbonyl (C=O) groups is 2. The van der Waals surface area contributed by atoms with Crippen molar-refractivity contribution in [2.24, 2.45) is 0 Å². The summed E-state index contributed by atoms with van der Waals surface area (Å²) < 4.78 is 10.6. The van der Waals surface area contributed by atoms with E-state index in [4.69, 9.17) is 9.47 Å². The van der Waals surface area contributed by atoms with Crippen molar-refractivity contribution in [3.05, 3.63) is 65.9 Å². The molecular weight excluding hydrogens is 394 g/mol. The Morgan fingerprint density at radius 3 is 2.45 bits per heavy atom. The largest absolute Gasteiger partial charge is 0.497 e. The number of aromatic nitrogens is 1. The van der Waals surface area contributed by atoms with Gasteiger partial charge in [-0.05, 0) is 35.9 Å². The van der Waals surface area contributed by atoms with Gasteiger partial charge in [-0.3, -0.25) is 9.59 Å². The molecule has 2 aromatic carbocycles. The second-order valence-corrected chi connectivity index (χ2v) is 7.32. The topological polar surface area (TPSA) is 89.6 Å². The molecule has 0 radical (unpaired) electrons.